The Morgan fingerprint density at radius 3 is 2.65 bits per heavy atom. The largest absolute Gasteiger partial charge is 0.508 e. The van der Waals surface area contributed by atoms with Crippen LogP contribution in [0.3, 0.4) is 0 Å². The quantitative estimate of drug-likeness (QED) is 0.503. The van der Waals surface area contributed by atoms with Crippen molar-refractivity contribution in [3.63, 3.8) is 0 Å². The summed E-state index contributed by atoms with van der Waals surface area (Å²) in [6.45, 7) is 4.63. The number of benzene rings is 2. The van der Waals surface area contributed by atoms with Gasteiger partial charge in [-0.25, -0.2) is 4.98 Å². The number of aromatic hydroxyl groups is 1. The minimum atomic E-state index is -0.589. The third-order valence-corrected chi connectivity index (χ3v) is 5.80. The molecule has 3 heterocycles. The third kappa shape index (κ3) is 3.02. The molecule has 4 aromatic rings. The molecule has 2 amide bonds. The van der Waals surface area contributed by atoms with Crippen molar-refractivity contribution >= 4 is 28.2 Å². The van der Waals surface area contributed by atoms with Crippen molar-refractivity contribution in [1.29, 1.82) is 0 Å². The Morgan fingerprint density at radius 1 is 1.13 bits per heavy atom. The van der Waals surface area contributed by atoms with E-state index in [1.165, 1.54) is 6.08 Å². The molecule has 1 aliphatic rings. The van der Waals surface area contributed by atoms with Crippen molar-refractivity contribution < 1.29 is 14.7 Å². The zero-order valence-corrected chi connectivity index (χ0v) is 16.7. The molecule has 154 valence electrons. The van der Waals surface area contributed by atoms with E-state index in [2.05, 4.69) is 11.6 Å². The van der Waals surface area contributed by atoms with E-state index >= 15 is 0 Å². The number of hydrogen-bond donors (Lipinski definition) is 2. The highest BCUT2D eigenvalue weighted by Gasteiger charge is 2.32. The van der Waals surface area contributed by atoms with Crippen molar-refractivity contribution in [3.05, 3.63) is 78.8 Å². The number of phenols is 1. The number of carbonyl (C=O) groups is 2. The zero-order chi connectivity index (χ0) is 21.7. The molecule has 3 N–H and O–H groups in total. The van der Waals surface area contributed by atoms with Crippen LogP contribution in [-0.2, 0) is 4.79 Å². The Labute approximate surface area is 178 Å². The average Bonchev–Trinajstić information content (AvgIpc) is 3.14. The van der Waals surface area contributed by atoms with Crippen LogP contribution in [0.1, 0.15) is 22.1 Å². The van der Waals surface area contributed by atoms with Gasteiger partial charge in [-0.1, -0.05) is 30.8 Å². The molecule has 0 atom stereocenters. The second kappa shape index (κ2) is 6.98. The van der Waals surface area contributed by atoms with Crippen molar-refractivity contribution in [2.75, 3.05) is 13.1 Å². The second-order valence-electron chi connectivity index (χ2n) is 7.71. The fourth-order valence-electron chi connectivity index (χ4n) is 4.23. The van der Waals surface area contributed by atoms with Gasteiger partial charge in [0.05, 0.1) is 5.69 Å². The third-order valence-electron chi connectivity index (χ3n) is 5.80. The predicted molar refractivity (Wildman–Crippen MR) is 118 cm³/mol. The number of aromatic nitrogens is 2. The van der Waals surface area contributed by atoms with Crippen LogP contribution >= 0.6 is 0 Å². The lowest BCUT2D eigenvalue weighted by Crippen LogP contribution is -2.47. The smallest absolute Gasteiger partial charge is 0.266 e. The first-order valence-electron chi connectivity index (χ1n) is 9.91. The van der Waals surface area contributed by atoms with Crippen LogP contribution in [-0.4, -0.2) is 44.3 Å². The summed E-state index contributed by atoms with van der Waals surface area (Å²) in [6.07, 6.45) is 3.11. The molecule has 31 heavy (non-hydrogen) atoms. The summed E-state index contributed by atoms with van der Waals surface area (Å²) in [7, 11) is 0. The first-order chi connectivity index (χ1) is 15.0. The van der Waals surface area contributed by atoms with E-state index in [9.17, 15) is 14.7 Å². The summed E-state index contributed by atoms with van der Waals surface area (Å²) in [6, 6.07) is 14.6. The highest BCUT2D eigenvalue weighted by atomic mass is 16.3. The van der Waals surface area contributed by atoms with Gasteiger partial charge in [-0.3, -0.25) is 14.0 Å². The lowest BCUT2D eigenvalue weighted by molar-refractivity contribution is -0.130. The van der Waals surface area contributed by atoms with Gasteiger partial charge in [0.15, 0.2) is 0 Å². The number of likely N-dealkylation sites (tertiary alicyclic amines) is 1. The summed E-state index contributed by atoms with van der Waals surface area (Å²) < 4.78 is 1.70. The number of fused-ring (bicyclic) bond motifs is 2. The first kappa shape index (κ1) is 18.9. The lowest BCUT2D eigenvalue weighted by Gasteiger charge is -2.37. The Morgan fingerprint density at radius 2 is 1.90 bits per heavy atom. The zero-order valence-electron chi connectivity index (χ0n) is 16.7. The number of hydrogen-bond acceptors (Lipinski definition) is 4. The summed E-state index contributed by atoms with van der Waals surface area (Å²) in [5.41, 5.74) is 8.83. The molecule has 1 aliphatic heterocycles. The number of imidazole rings is 1. The molecule has 0 aliphatic carbocycles. The molecule has 0 radical (unpaired) electrons. The van der Waals surface area contributed by atoms with Crippen LogP contribution in [0, 0.1) is 0 Å². The fourth-order valence-corrected chi connectivity index (χ4v) is 4.23. The highest BCUT2D eigenvalue weighted by molar-refractivity contribution is 6.05. The molecule has 2 aromatic carbocycles. The molecular formula is C24H20N4O3. The van der Waals surface area contributed by atoms with E-state index in [1.807, 2.05) is 42.6 Å². The Balaban J connectivity index is 1.65. The molecule has 7 heteroatoms. The van der Waals surface area contributed by atoms with E-state index in [4.69, 9.17) is 5.73 Å². The minimum absolute atomic E-state index is 0.0922. The standard InChI is InChI=1S/C24H20N4O3/c1-2-22(30)27-11-15(12-27)20-13-28-21(26-20)8-7-18(23(28)24(25)31)19-10-16(29)9-14-5-3-4-6-17(14)19/h2-10,13,15,29H,1,11-12H2,(H2,25,31). The van der Waals surface area contributed by atoms with Crippen LogP contribution in [0.15, 0.2) is 67.4 Å². The van der Waals surface area contributed by atoms with Crippen molar-refractivity contribution in [2.45, 2.75) is 5.92 Å². The van der Waals surface area contributed by atoms with Gasteiger partial charge in [-0.2, -0.15) is 0 Å². The van der Waals surface area contributed by atoms with Gasteiger partial charge in [0.25, 0.3) is 5.91 Å². The minimum Gasteiger partial charge on any atom is -0.508 e. The number of nitrogens with two attached hydrogens (primary N) is 1. The van der Waals surface area contributed by atoms with E-state index in [0.29, 0.717) is 35.6 Å². The number of rotatable bonds is 4. The maximum atomic E-state index is 12.5. The van der Waals surface area contributed by atoms with Gasteiger partial charge in [-0.05, 0) is 46.7 Å². The van der Waals surface area contributed by atoms with Gasteiger partial charge in [-0.15, -0.1) is 0 Å². The van der Waals surface area contributed by atoms with Gasteiger partial charge in [0, 0.05) is 30.8 Å². The van der Waals surface area contributed by atoms with Crippen molar-refractivity contribution in [3.8, 4) is 16.9 Å². The number of primary amides is 1. The highest BCUT2D eigenvalue weighted by Crippen LogP contribution is 2.35. The number of amides is 2. The van der Waals surface area contributed by atoms with Gasteiger partial charge in [0.1, 0.15) is 17.1 Å². The molecule has 0 unspecified atom stereocenters. The normalized spacial score (nSPS) is 14.0. The molecule has 0 spiro atoms. The monoisotopic (exact) mass is 412 g/mol. The molecular weight excluding hydrogens is 392 g/mol. The number of carbonyl (C=O) groups excluding carboxylic acids is 2. The van der Waals surface area contributed by atoms with Gasteiger partial charge in [0.2, 0.25) is 5.91 Å². The number of nitrogens with zero attached hydrogens (tertiary/aromatic N) is 3. The van der Waals surface area contributed by atoms with Crippen LogP contribution < -0.4 is 5.73 Å². The van der Waals surface area contributed by atoms with Crippen LogP contribution in [0.2, 0.25) is 0 Å². The van der Waals surface area contributed by atoms with Crippen LogP contribution in [0.4, 0.5) is 0 Å². The summed E-state index contributed by atoms with van der Waals surface area (Å²) >= 11 is 0. The van der Waals surface area contributed by atoms with Crippen molar-refractivity contribution in [2.24, 2.45) is 5.73 Å². The second-order valence-corrected chi connectivity index (χ2v) is 7.71. The van der Waals surface area contributed by atoms with E-state index in [-0.39, 0.29) is 17.6 Å². The SMILES string of the molecule is C=CC(=O)N1CC(c2cn3c(C(N)=O)c(-c4cc(O)cc5ccccc45)ccc3n2)C1. The topological polar surface area (TPSA) is 101 Å². The van der Waals surface area contributed by atoms with E-state index in [0.717, 1.165) is 16.5 Å². The number of pyridine rings is 1. The molecule has 1 fully saturated rings. The molecule has 1 saturated heterocycles. The predicted octanol–water partition coefficient (Wildman–Crippen LogP) is 3.07. The molecule has 2 aromatic heterocycles. The summed E-state index contributed by atoms with van der Waals surface area (Å²) in [5, 5.41) is 12.0. The maximum Gasteiger partial charge on any atom is 0.266 e. The van der Waals surface area contributed by atoms with E-state index in [1.54, 1.807) is 21.4 Å². The Hall–Kier alpha value is -4.13. The van der Waals surface area contributed by atoms with Crippen LogP contribution in [0.5, 0.6) is 5.75 Å². The molecule has 0 saturated carbocycles. The Kier molecular flexibility index (Phi) is 4.25. The Bertz CT molecular complexity index is 1380. The fraction of sp³-hybridized carbons (Fsp3) is 0.125. The molecule has 0 bridgehead atoms. The number of phenolic OH excluding ortho intramolecular Hbond substituents is 1. The lowest BCUT2D eigenvalue weighted by atomic mass is 9.96. The maximum absolute atomic E-state index is 12.5. The molecule has 7 nitrogen and oxygen atoms in total. The van der Waals surface area contributed by atoms with Crippen molar-refractivity contribution in [1.82, 2.24) is 14.3 Å². The first-order valence-corrected chi connectivity index (χ1v) is 9.91. The average molecular weight is 412 g/mol. The summed E-state index contributed by atoms with van der Waals surface area (Å²) in [4.78, 5) is 30.6. The summed E-state index contributed by atoms with van der Waals surface area (Å²) in [5.74, 6) is -0.489. The van der Waals surface area contributed by atoms with E-state index < -0.39 is 5.91 Å². The van der Waals surface area contributed by atoms with Gasteiger partial charge >= 0.3 is 0 Å². The molecule has 5 rings (SSSR count). The van der Waals surface area contributed by atoms with Crippen LogP contribution in [0.25, 0.3) is 27.5 Å². The van der Waals surface area contributed by atoms with Gasteiger partial charge < -0.3 is 15.7 Å².